The molecule has 0 saturated heterocycles. The predicted molar refractivity (Wildman–Crippen MR) is 75.1 cm³/mol. The van der Waals surface area contributed by atoms with Gasteiger partial charge in [-0.3, -0.25) is 4.79 Å². The minimum atomic E-state index is -0.291. The molecule has 0 aromatic rings. The first-order valence-electron chi connectivity index (χ1n) is 7.71. The Morgan fingerprint density at radius 1 is 1.32 bits per heavy atom. The molecule has 0 bridgehead atoms. The van der Waals surface area contributed by atoms with Crippen LogP contribution >= 0.6 is 0 Å². The van der Waals surface area contributed by atoms with E-state index in [1.807, 2.05) is 0 Å². The summed E-state index contributed by atoms with van der Waals surface area (Å²) in [5.41, 5.74) is 0.357. The van der Waals surface area contributed by atoms with Gasteiger partial charge in [-0.25, -0.2) is 0 Å². The van der Waals surface area contributed by atoms with Crippen LogP contribution in [0.2, 0.25) is 0 Å². The van der Waals surface area contributed by atoms with Crippen molar-refractivity contribution in [1.82, 2.24) is 0 Å². The number of carbonyl (C=O) groups excluding carboxylic acids is 1. The SMILES string of the molecule is CCCOC1C(=O)CC1OC1CC(C)CC(C)(C)C1. The summed E-state index contributed by atoms with van der Waals surface area (Å²) in [5.74, 6) is 0.918. The molecule has 0 radical (unpaired) electrons. The number of hydrogen-bond acceptors (Lipinski definition) is 3. The second kappa shape index (κ2) is 5.92. The first-order chi connectivity index (χ1) is 8.91. The van der Waals surface area contributed by atoms with E-state index in [2.05, 4.69) is 27.7 Å². The molecule has 3 heteroatoms. The Kier molecular flexibility index (Phi) is 4.67. The highest BCUT2D eigenvalue weighted by atomic mass is 16.6. The second-order valence-electron chi connectivity index (χ2n) is 7.17. The van der Waals surface area contributed by atoms with Gasteiger partial charge in [0, 0.05) is 13.0 Å². The molecule has 2 rings (SSSR count). The van der Waals surface area contributed by atoms with E-state index in [9.17, 15) is 4.79 Å². The fourth-order valence-corrected chi connectivity index (χ4v) is 3.64. The largest absolute Gasteiger partial charge is 0.371 e. The van der Waals surface area contributed by atoms with E-state index < -0.39 is 0 Å². The lowest BCUT2D eigenvalue weighted by atomic mass is 9.71. The van der Waals surface area contributed by atoms with Crippen molar-refractivity contribution in [2.45, 2.75) is 78.1 Å². The molecule has 2 fully saturated rings. The Morgan fingerprint density at radius 3 is 2.63 bits per heavy atom. The molecule has 0 N–H and O–H groups in total. The number of rotatable bonds is 5. The van der Waals surface area contributed by atoms with Gasteiger partial charge in [-0.15, -0.1) is 0 Å². The van der Waals surface area contributed by atoms with E-state index in [0.29, 0.717) is 30.5 Å². The molecule has 110 valence electrons. The molecular weight excluding hydrogens is 240 g/mol. The van der Waals surface area contributed by atoms with Crippen molar-refractivity contribution in [3.05, 3.63) is 0 Å². The fourth-order valence-electron chi connectivity index (χ4n) is 3.64. The van der Waals surface area contributed by atoms with Gasteiger partial charge in [-0.1, -0.05) is 27.7 Å². The maximum Gasteiger partial charge on any atom is 0.166 e. The van der Waals surface area contributed by atoms with Gasteiger partial charge < -0.3 is 9.47 Å². The Balaban J connectivity index is 1.85. The fraction of sp³-hybridized carbons (Fsp3) is 0.938. The monoisotopic (exact) mass is 268 g/mol. The van der Waals surface area contributed by atoms with Crippen molar-refractivity contribution in [1.29, 1.82) is 0 Å². The van der Waals surface area contributed by atoms with E-state index >= 15 is 0 Å². The number of carbonyl (C=O) groups is 1. The Hall–Kier alpha value is -0.410. The number of hydrogen-bond donors (Lipinski definition) is 0. The first-order valence-corrected chi connectivity index (χ1v) is 7.71. The molecule has 0 aromatic heterocycles. The van der Waals surface area contributed by atoms with E-state index in [0.717, 1.165) is 19.3 Å². The zero-order valence-corrected chi connectivity index (χ0v) is 12.8. The molecule has 19 heavy (non-hydrogen) atoms. The number of ketones is 1. The molecule has 0 amide bonds. The van der Waals surface area contributed by atoms with Crippen LogP contribution in [-0.2, 0) is 14.3 Å². The summed E-state index contributed by atoms with van der Waals surface area (Å²) in [5, 5.41) is 0. The highest BCUT2D eigenvalue weighted by molar-refractivity contribution is 5.90. The lowest BCUT2D eigenvalue weighted by Crippen LogP contribution is -2.52. The van der Waals surface area contributed by atoms with Crippen molar-refractivity contribution in [3.63, 3.8) is 0 Å². The van der Waals surface area contributed by atoms with E-state index in [-0.39, 0.29) is 18.0 Å². The van der Waals surface area contributed by atoms with Gasteiger partial charge in [0.15, 0.2) is 5.78 Å². The van der Waals surface area contributed by atoms with Gasteiger partial charge in [-0.05, 0) is 37.0 Å². The smallest absolute Gasteiger partial charge is 0.166 e. The van der Waals surface area contributed by atoms with Gasteiger partial charge in [0.25, 0.3) is 0 Å². The Bertz CT molecular complexity index is 324. The van der Waals surface area contributed by atoms with Gasteiger partial charge in [0.05, 0.1) is 12.2 Å². The third-order valence-electron chi connectivity index (χ3n) is 4.27. The van der Waals surface area contributed by atoms with Crippen LogP contribution < -0.4 is 0 Å². The first kappa shape index (κ1) is 15.0. The van der Waals surface area contributed by atoms with Crippen LogP contribution in [0.4, 0.5) is 0 Å². The highest BCUT2D eigenvalue weighted by Crippen LogP contribution is 2.41. The van der Waals surface area contributed by atoms with Crippen molar-refractivity contribution < 1.29 is 14.3 Å². The Morgan fingerprint density at radius 2 is 2.05 bits per heavy atom. The summed E-state index contributed by atoms with van der Waals surface area (Å²) in [6, 6.07) is 0. The highest BCUT2D eigenvalue weighted by Gasteiger charge is 2.44. The minimum absolute atomic E-state index is 0.00477. The molecule has 2 saturated carbocycles. The summed E-state index contributed by atoms with van der Waals surface area (Å²) >= 11 is 0. The van der Waals surface area contributed by atoms with Crippen molar-refractivity contribution in [2.24, 2.45) is 11.3 Å². The summed E-state index contributed by atoms with van der Waals surface area (Å²) < 4.78 is 11.8. The lowest BCUT2D eigenvalue weighted by molar-refractivity contribution is -0.180. The molecule has 3 nitrogen and oxygen atoms in total. The quantitative estimate of drug-likeness (QED) is 0.767. The minimum Gasteiger partial charge on any atom is -0.371 e. The van der Waals surface area contributed by atoms with Crippen molar-refractivity contribution in [3.8, 4) is 0 Å². The average Bonchev–Trinajstić information content (AvgIpc) is 2.26. The van der Waals surface area contributed by atoms with Crippen LogP contribution in [0.3, 0.4) is 0 Å². The number of ether oxygens (including phenoxy) is 2. The summed E-state index contributed by atoms with van der Waals surface area (Å²) in [6.45, 7) is 9.65. The standard InChI is InChI=1S/C16H28O3/c1-5-6-18-15-13(17)8-14(15)19-12-7-11(2)9-16(3,4)10-12/h11-12,14-15H,5-10H2,1-4H3. The predicted octanol–water partition coefficient (Wildman–Crippen LogP) is 3.35. The van der Waals surface area contributed by atoms with Gasteiger partial charge in [-0.2, -0.15) is 0 Å². The van der Waals surface area contributed by atoms with Crippen LogP contribution in [0.1, 0.15) is 59.8 Å². The van der Waals surface area contributed by atoms with Gasteiger partial charge >= 0.3 is 0 Å². The topological polar surface area (TPSA) is 35.5 Å². The van der Waals surface area contributed by atoms with E-state index in [1.165, 1.54) is 6.42 Å². The molecule has 0 aliphatic heterocycles. The summed E-state index contributed by atoms with van der Waals surface area (Å²) in [7, 11) is 0. The molecular formula is C16H28O3. The molecule has 0 heterocycles. The summed E-state index contributed by atoms with van der Waals surface area (Å²) in [6.07, 6.45) is 4.99. The number of Topliss-reactive ketones (excluding diaryl/α,β-unsaturated/α-hetero) is 1. The van der Waals surface area contributed by atoms with Crippen LogP contribution in [0.15, 0.2) is 0 Å². The molecule has 4 unspecified atom stereocenters. The third kappa shape index (κ3) is 3.79. The maximum atomic E-state index is 11.6. The van der Waals surface area contributed by atoms with Crippen LogP contribution in [0, 0.1) is 11.3 Å². The zero-order valence-electron chi connectivity index (χ0n) is 12.8. The maximum absolute atomic E-state index is 11.6. The zero-order chi connectivity index (χ0) is 14.0. The average molecular weight is 268 g/mol. The second-order valence-corrected chi connectivity index (χ2v) is 7.17. The Labute approximate surface area is 117 Å². The third-order valence-corrected chi connectivity index (χ3v) is 4.27. The van der Waals surface area contributed by atoms with Gasteiger partial charge in [0.1, 0.15) is 6.10 Å². The van der Waals surface area contributed by atoms with E-state index in [4.69, 9.17) is 9.47 Å². The summed E-state index contributed by atoms with van der Waals surface area (Å²) in [4.78, 5) is 11.6. The normalized spacial score (nSPS) is 38.0. The molecule has 0 spiro atoms. The molecule has 4 atom stereocenters. The van der Waals surface area contributed by atoms with Crippen molar-refractivity contribution in [2.75, 3.05) is 6.61 Å². The van der Waals surface area contributed by atoms with Gasteiger partial charge in [0.2, 0.25) is 0 Å². The van der Waals surface area contributed by atoms with Crippen LogP contribution in [0.5, 0.6) is 0 Å². The molecule has 2 aliphatic carbocycles. The van der Waals surface area contributed by atoms with Crippen molar-refractivity contribution >= 4 is 5.78 Å². The van der Waals surface area contributed by atoms with Crippen LogP contribution in [-0.4, -0.2) is 30.7 Å². The molecule has 2 aliphatic rings. The van der Waals surface area contributed by atoms with E-state index in [1.54, 1.807) is 0 Å². The van der Waals surface area contributed by atoms with Crippen LogP contribution in [0.25, 0.3) is 0 Å². The molecule has 0 aromatic carbocycles. The lowest BCUT2D eigenvalue weighted by Gasteiger charge is -2.43.